The number of nitrogens with two attached hydrogens (primary N) is 2. The van der Waals surface area contributed by atoms with E-state index in [1.165, 1.54) is 10.6 Å². The van der Waals surface area contributed by atoms with E-state index in [9.17, 15) is 33.9 Å². The van der Waals surface area contributed by atoms with Crippen LogP contribution in [0.2, 0.25) is 0 Å². The number of hydrogen-bond acceptors (Lipinski definition) is 21. The van der Waals surface area contributed by atoms with Crippen LogP contribution in [0.3, 0.4) is 0 Å². The van der Waals surface area contributed by atoms with Gasteiger partial charge in [-0.3, -0.25) is 48.8 Å². The van der Waals surface area contributed by atoms with Gasteiger partial charge in [0.15, 0.2) is 11.6 Å². The number of piperazine rings is 2. The number of hydrogen-bond donors (Lipinski definition) is 4. The fraction of sp³-hybridized carbons (Fsp3) is 0.513. The average Bonchev–Trinajstić information content (AvgIpc) is 1.66. The van der Waals surface area contributed by atoms with Crippen molar-refractivity contribution >= 4 is 102 Å². The number of aliphatic hydroxyl groups is 1. The van der Waals surface area contributed by atoms with Crippen LogP contribution in [0.25, 0.3) is 43.9 Å². The van der Waals surface area contributed by atoms with Crippen LogP contribution in [0.1, 0.15) is 173 Å². The molecule has 4 aromatic carbocycles. The predicted octanol–water partition coefficient (Wildman–Crippen LogP) is 10.2. The van der Waals surface area contributed by atoms with Crippen LogP contribution in [0.5, 0.6) is 0 Å². The summed E-state index contributed by atoms with van der Waals surface area (Å²) >= 11 is 0. The van der Waals surface area contributed by atoms with Crippen LogP contribution in [-0.4, -0.2) is 201 Å². The molecule has 25 heteroatoms. The fourth-order valence-corrected chi connectivity index (χ4v) is 13.4. The summed E-state index contributed by atoms with van der Waals surface area (Å²) in [7, 11) is 0. The van der Waals surface area contributed by atoms with Gasteiger partial charge < -0.3 is 54.5 Å². The fourth-order valence-electron chi connectivity index (χ4n) is 13.4. The highest BCUT2D eigenvalue weighted by atomic mass is 16.6. The average molecular weight is 1410 g/mol. The van der Waals surface area contributed by atoms with Gasteiger partial charge in [0, 0.05) is 127 Å². The molecule has 12 rings (SSSR count). The number of rotatable bonds is 29. The summed E-state index contributed by atoms with van der Waals surface area (Å²) in [4.78, 5) is 102. The van der Waals surface area contributed by atoms with E-state index in [4.69, 9.17) is 50.4 Å². The normalized spacial score (nSPS) is 15.1. The van der Waals surface area contributed by atoms with Gasteiger partial charge in [0.05, 0.1) is 83.6 Å². The molecule has 0 aliphatic carbocycles. The van der Waals surface area contributed by atoms with Crippen molar-refractivity contribution in [1.29, 1.82) is 0 Å². The molecule has 25 nitrogen and oxygen atoms in total. The second-order valence-electron chi connectivity index (χ2n) is 28.7. The molecule has 8 aromatic rings. The molecule has 0 saturated carbocycles. The van der Waals surface area contributed by atoms with Crippen molar-refractivity contribution in [2.45, 2.75) is 157 Å². The standard InChI is InChI=1S/C39H51N7O5.C31H48N6O4.C8H5NO2/c1-5-6-13-32-42-34-35(45(32)17-9-10-18-46-37(48)28-11-7-8-12-29(28)38(46)49)30-26-27(14-15-31(30)41-36(34)40)44-21-19-43(20-22-44)23-25-50-24-16-33(47)51-39(2,3)4;1-5-6-9-26-34-28-29(37(26)13-7-8-19-38)24-22-23(10-11-25(24)33-30(28)32)36-16-14-35(15-17-36)18-21-40-20-12-27(39)41-31(2,3)4;10-7-5-3-1-2-4-6(5)8(11)9-7/h7-8,11-12,14-15,26H,5-6,9-10,13,16-25H2,1-4H3,(H2,40,41);10-11,22,38H,5-9,12-21H2,1-4H3,(H2,32,33);1-4H,(H,9,10,11). The summed E-state index contributed by atoms with van der Waals surface area (Å²) < 4.78 is 26.7. The zero-order chi connectivity index (χ0) is 73.4. The minimum atomic E-state index is -0.481. The molecule has 0 bridgehead atoms. The summed E-state index contributed by atoms with van der Waals surface area (Å²) in [6.07, 6.45) is 9.59. The van der Waals surface area contributed by atoms with Gasteiger partial charge in [-0.15, -0.1) is 0 Å². The Bertz CT molecular complexity index is 4220. The summed E-state index contributed by atoms with van der Waals surface area (Å²) in [6, 6.07) is 26.6. The Morgan fingerprint density at radius 1 is 0.495 bits per heavy atom. The van der Waals surface area contributed by atoms with Crippen LogP contribution in [-0.2, 0) is 54.5 Å². The number of benzene rings is 4. The number of amides is 4. The third-order valence-electron chi connectivity index (χ3n) is 18.7. The highest BCUT2D eigenvalue weighted by molar-refractivity contribution is 6.22. The van der Waals surface area contributed by atoms with Crippen LogP contribution in [0, 0.1) is 0 Å². The molecule has 8 heterocycles. The van der Waals surface area contributed by atoms with Crippen LogP contribution in [0.15, 0.2) is 84.9 Å². The zero-order valence-corrected chi connectivity index (χ0v) is 61.4. The minimum absolute atomic E-state index is 0.190. The van der Waals surface area contributed by atoms with Gasteiger partial charge >= 0.3 is 11.9 Å². The van der Waals surface area contributed by atoms with Gasteiger partial charge in [-0.2, -0.15) is 0 Å². The molecule has 4 amide bonds. The third kappa shape index (κ3) is 19.8. The summed E-state index contributed by atoms with van der Waals surface area (Å²) in [6.45, 7) is 28.6. The van der Waals surface area contributed by atoms with Crippen molar-refractivity contribution in [3.05, 3.63) is 119 Å². The molecule has 4 aliphatic rings. The summed E-state index contributed by atoms with van der Waals surface area (Å²) in [5.41, 5.74) is 21.5. The number of aryl methyl sites for hydroxylation is 4. The lowest BCUT2D eigenvalue weighted by molar-refractivity contribution is -0.157. The number of anilines is 4. The number of nitrogen functional groups attached to an aromatic ring is 2. The van der Waals surface area contributed by atoms with E-state index < -0.39 is 11.2 Å². The lowest BCUT2D eigenvalue weighted by Crippen LogP contribution is -2.47. The van der Waals surface area contributed by atoms with Crippen molar-refractivity contribution in [2.24, 2.45) is 0 Å². The van der Waals surface area contributed by atoms with E-state index >= 15 is 0 Å². The maximum Gasteiger partial charge on any atom is 0.308 e. The first kappa shape index (κ1) is 76.5. The predicted molar refractivity (Wildman–Crippen MR) is 402 cm³/mol. The van der Waals surface area contributed by atoms with Gasteiger partial charge in [0.2, 0.25) is 0 Å². The van der Waals surface area contributed by atoms with Crippen LogP contribution < -0.4 is 26.6 Å². The number of unbranched alkanes of at least 4 members (excludes halogenated alkanes) is 4. The molecule has 0 unspecified atom stereocenters. The Kier molecular flexibility index (Phi) is 26.3. The summed E-state index contributed by atoms with van der Waals surface area (Å²) in [5, 5.41) is 13.7. The molecule has 0 spiro atoms. The Balaban J connectivity index is 0.000000195. The van der Waals surface area contributed by atoms with Crippen molar-refractivity contribution < 1.29 is 52.8 Å². The maximum absolute atomic E-state index is 12.9. The molecule has 103 heavy (non-hydrogen) atoms. The molecule has 2 fully saturated rings. The molecule has 4 aliphatic heterocycles. The van der Waals surface area contributed by atoms with Gasteiger partial charge in [-0.1, -0.05) is 51.0 Å². The maximum atomic E-state index is 12.9. The second-order valence-corrected chi connectivity index (χ2v) is 28.7. The number of imidazole rings is 2. The largest absolute Gasteiger partial charge is 0.460 e. The number of esters is 2. The quantitative estimate of drug-likeness (QED) is 0.0192. The van der Waals surface area contributed by atoms with E-state index in [2.05, 4.69) is 84.3 Å². The Morgan fingerprint density at radius 3 is 1.29 bits per heavy atom. The molecular weight excluding hydrogens is 1310 g/mol. The van der Waals surface area contributed by atoms with Crippen molar-refractivity contribution in [3.8, 4) is 0 Å². The second kappa shape index (κ2) is 35.4. The smallest absolute Gasteiger partial charge is 0.308 e. The Morgan fingerprint density at radius 2 is 0.893 bits per heavy atom. The van der Waals surface area contributed by atoms with E-state index in [0.29, 0.717) is 79.8 Å². The first-order valence-electron chi connectivity index (χ1n) is 36.7. The molecule has 0 atom stereocenters. The number of pyridine rings is 2. The monoisotopic (exact) mass is 1410 g/mol. The SMILES string of the molecule is CCCCc1nc2c(N)nc3ccc(N4CCN(CCOCCC(=O)OC(C)(C)C)CC4)cc3c2n1CCCCN1C(=O)c2ccccc2C1=O.CCCCc1nc2c(N)nc3ccc(N4CCN(CCOCCC(=O)OC(C)(C)C)CC4)cc3c2n1CCCCO.O=C1NC(=O)c2ccccc21. The van der Waals surface area contributed by atoms with Crippen molar-refractivity contribution in [1.82, 2.24) is 49.1 Å². The van der Waals surface area contributed by atoms with E-state index in [-0.39, 0.29) is 55.0 Å². The molecule has 0 radical (unpaired) electrons. The third-order valence-corrected chi connectivity index (χ3v) is 18.7. The summed E-state index contributed by atoms with van der Waals surface area (Å²) in [5.74, 6) is 1.45. The number of aliphatic hydroxyl groups excluding tert-OH is 1. The first-order chi connectivity index (χ1) is 49.5. The lowest BCUT2D eigenvalue weighted by atomic mass is 10.1. The van der Waals surface area contributed by atoms with Crippen molar-refractivity contribution in [2.75, 3.05) is 126 Å². The minimum Gasteiger partial charge on any atom is -0.460 e. The molecular formula is C78H104N14O11. The van der Waals surface area contributed by atoms with Gasteiger partial charge in [-0.25, -0.2) is 19.9 Å². The Hall–Kier alpha value is -9.14. The van der Waals surface area contributed by atoms with Crippen molar-refractivity contribution in [3.63, 3.8) is 0 Å². The number of carbonyl (C=O) groups excluding carboxylic acids is 6. The number of aromatic nitrogens is 6. The van der Waals surface area contributed by atoms with E-state index in [1.54, 1.807) is 48.5 Å². The highest BCUT2D eigenvalue weighted by Gasteiger charge is 2.35. The molecule has 6 N–H and O–H groups in total. The van der Waals surface area contributed by atoms with Crippen LogP contribution >= 0.6 is 0 Å². The molecule has 552 valence electrons. The van der Waals surface area contributed by atoms with E-state index in [1.807, 2.05) is 41.5 Å². The number of carbonyl (C=O) groups is 6. The molecule has 4 aromatic heterocycles. The highest BCUT2D eigenvalue weighted by Crippen LogP contribution is 2.36. The Labute approximate surface area is 603 Å². The van der Waals surface area contributed by atoms with Gasteiger partial charge in [0.25, 0.3) is 23.6 Å². The number of nitrogens with one attached hydrogen (secondary N) is 1. The topological polar surface area (TPSA) is 301 Å². The zero-order valence-electron chi connectivity index (χ0n) is 61.4. The lowest BCUT2D eigenvalue weighted by Gasteiger charge is -2.36. The number of fused-ring (bicyclic) bond motifs is 8. The number of ether oxygens (including phenoxy) is 4. The van der Waals surface area contributed by atoms with Gasteiger partial charge in [-0.05, 0) is 141 Å². The van der Waals surface area contributed by atoms with Gasteiger partial charge in [0.1, 0.15) is 33.9 Å². The number of nitrogens with zero attached hydrogens (tertiary/aromatic N) is 11. The first-order valence-corrected chi connectivity index (χ1v) is 36.7. The molecule has 2 saturated heterocycles. The number of imide groups is 2. The van der Waals surface area contributed by atoms with Crippen LogP contribution in [0.4, 0.5) is 23.0 Å². The van der Waals surface area contributed by atoms with E-state index in [0.717, 1.165) is 191 Å².